The lowest BCUT2D eigenvalue weighted by Gasteiger charge is -2.31. The van der Waals surface area contributed by atoms with Crippen molar-refractivity contribution in [2.45, 2.75) is 38.7 Å². The van der Waals surface area contributed by atoms with Gasteiger partial charge >= 0.3 is 5.97 Å². The van der Waals surface area contributed by atoms with E-state index >= 15 is 0 Å². The van der Waals surface area contributed by atoms with Crippen molar-refractivity contribution in [1.29, 1.82) is 0 Å². The van der Waals surface area contributed by atoms with Gasteiger partial charge in [-0.3, -0.25) is 4.79 Å². The van der Waals surface area contributed by atoms with Crippen LogP contribution < -0.4 is 5.73 Å². The van der Waals surface area contributed by atoms with Gasteiger partial charge in [0.25, 0.3) is 0 Å². The Labute approximate surface area is 121 Å². The number of benzene rings is 1. The maximum atomic E-state index is 12.3. The fraction of sp³-hybridized carbons (Fsp3) is 0.562. The monoisotopic (exact) mass is 279 g/mol. The minimum Gasteiger partial charge on any atom is -0.468 e. The van der Waals surface area contributed by atoms with Gasteiger partial charge in [0.1, 0.15) is 5.41 Å². The highest BCUT2D eigenvalue weighted by Crippen LogP contribution is 2.31. The van der Waals surface area contributed by atoms with Crippen LogP contribution in [-0.4, -0.2) is 32.3 Å². The van der Waals surface area contributed by atoms with Crippen LogP contribution >= 0.6 is 0 Å². The standard InChI is InChI=1S/C16H25NO3/c1-12(2)20-10-9-16(11-17,15(18)19-4)14-8-6-5-7-13(14)3/h5-8,12H,9-11,17H2,1-4H3. The molecule has 0 saturated heterocycles. The normalized spacial score (nSPS) is 14.1. The predicted molar refractivity (Wildman–Crippen MR) is 79.6 cm³/mol. The number of nitrogens with two attached hydrogens (primary N) is 1. The van der Waals surface area contributed by atoms with E-state index in [0.717, 1.165) is 11.1 Å². The van der Waals surface area contributed by atoms with Crippen LogP contribution in [-0.2, 0) is 19.7 Å². The molecule has 0 saturated carbocycles. The van der Waals surface area contributed by atoms with Gasteiger partial charge in [-0.1, -0.05) is 24.3 Å². The molecule has 0 aliphatic rings. The lowest BCUT2D eigenvalue weighted by molar-refractivity contribution is -0.148. The molecular formula is C16H25NO3. The summed E-state index contributed by atoms with van der Waals surface area (Å²) in [5.41, 5.74) is 7.06. The smallest absolute Gasteiger partial charge is 0.317 e. The van der Waals surface area contributed by atoms with Gasteiger partial charge in [0.2, 0.25) is 0 Å². The first-order chi connectivity index (χ1) is 9.47. The lowest BCUT2D eigenvalue weighted by Crippen LogP contribution is -2.45. The number of hydrogen-bond acceptors (Lipinski definition) is 4. The number of carbonyl (C=O) groups excluding carboxylic acids is 1. The highest BCUT2D eigenvalue weighted by molar-refractivity contribution is 5.84. The molecule has 0 heterocycles. The molecule has 4 nitrogen and oxygen atoms in total. The minimum absolute atomic E-state index is 0.125. The Morgan fingerprint density at radius 1 is 1.35 bits per heavy atom. The van der Waals surface area contributed by atoms with Crippen LogP contribution in [0.25, 0.3) is 0 Å². The van der Waals surface area contributed by atoms with E-state index in [4.69, 9.17) is 15.2 Å². The number of methoxy groups -OCH3 is 1. The summed E-state index contributed by atoms with van der Waals surface area (Å²) in [6, 6.07) is 7.78. The third-order valence-corrected chi connectivity index (χ3v) is 3.57. The van der Waals surface area contributed by atoms with Crippen molar-refractivity contribution < 1.29 is 14.3 Å². The van der Waals surface area contributed by atoms with E-state index in [0.29, 0.717) is 13.0 Å². The Morgan fingerprint density at radius 3 is 2.50 bits per heavy atom. The number of aryl methyl sites for hydroxylation is 1. The van der Waals surface area contributed by atoms with Crippen molar-refractivity contribution in [3.8, 4) is 0 Å². The summed E-state index contributed by atoms with van der Waals surface area (Å²) in [5, 5.41) is 0. The van der Waals surface area contributed by atoms with Crippen LogP contribution in [0.1, 0.15) is 31.4 Å². The second kappa shape index (κ2) is 7.41. The molecule has 0 amide bonds. The van der Waals surface area contributed by atoms with Crippen LogP contribution in [0.4, 0.5) is 0 Å². The third-order valence-electron chi connectivity index (χ3n) is 3.57. The molecule has 112 valence electrons. The Bertz CT molecular complexity index is 445. The highest BCUT2D eigenvalue weighted by atomic mass is 16.5. The van der Waals surface area contributed by atoms with Crippen LogP contribution in [0.3, 0.4) is 0 Å². The van der Waals surface area contributed by atoms with E-state index in [1.165, 1.54) is 7.11 Å². The van der Waals surface area contributed by atoms with Gasteiger partial charge in [-0.25, -0.2) is 0 Å². The zero-order valence-electron chi connectivity index (χ0n) is 12.8. The van der Waals surface area contributed by atoms with Gasteiger partial charge in [0, 0.05) is 13.2 Å². The summed E-state index contributed by atoms with van der Waals surface area (Å²) in [7, 11) is 1.40. The van der Waals surface area contributed by atoms with Gasteiger partial charge in [-0.15, -0.1) is 0 Å². The molecule has 1 aromatic rings. The summed E-state index contributed by atoms with van der Waals surface area (Å²) in [6.45, 7) is 6.59. The SMILES string of the molecule is COC(=O)C(CN)(CCOC(C)C)c1ccccc1C. The van der Waals surface area contributed by atoms with Crippen LogP contribution in [0.5, 0.6) is 0 Å². The molecule has 0 bridgehead atoms. The zero-order chi connectivity index (χ0) is 15.2. The molecule has 20 heavy (non-hydrogen) atoms. The van der Waals surface area contributed by atoms with Gasteiger partial charge in [-0.2, -0.15) is 0 Å². The number of rotatable bonds is 7. The average Bonchev–Trinajstić information content (AvgIpc) is 2.43. The first-order valence-electron chi connectivity index (χ1n) is 6.94. The van der Waals surface area contributed by atoms with Crippen LogP contribution in [0.2, 0.25) is 0 Å². The summed E-state index contributed by atoms with van der Waals surface area (Å²) < 4.78 is 10.6. The fourth-order valence-electron chi connectivity index (χ4n) is 2.42. The predicted octanol–water partition coefficient (Wildman–Crippen LogP) is 2.18. The number of carbonyl (C=O) groups is 1. The van der Waals surface area contributed by atoms with Crippen molar-refractivity contribution in [3.05, 3.63) is 35.4 Å². The van der Waals surface area contributed by atoms with E-state index in [1.807, 2.05) is 45.0 Å². The average molecular weight is 279 g/mol. The summed E-state index contributed by atoms with van der Waals surface area (Å²) >= 11 is 0. The van der Waals surface area contributed by atoms with E-state index < -0.39 is 5.41 Å². The second-order valence-electron chi connectivity index (χ2n) is 5.26. The minimum atomic E-state index is -0.838. The molecule has 0 radical (unpaired) electrons. The summed E-state index contributed by atoms with van der Waals surface area (Å²) in [4.78, 5) is 12.3. The highest BCUT2D eigenvalue weighted by Gasteiger charge is 2.40. The molecule has 0 aromatic heterocycles. The number of ether oxygens (including phenoxy) is 2. The first kappa shape index (κ1) is 16.7. The molecule has 1 rings (SSSR count). The summed E-state index contributed by atoms with van der Waals surface area (Å²) in [5.74, 6) is -0.304. The molecule has 0 spiro atoms. The molecule has 1 aromatic carbocycles. The zero-order valence-corrected chi connectivity index (χ0v) is 12.8. The molecule has 4 heteroatoms. The first-order valence-corrected chi connectivity index (χ1v) is 6.94. The topological polar surface area (TPSA) is 61.5 Å². The van der Waals surface area contributed by atoms with Crippen molar-refractivity contribution in [2.75, 3.05) is 20.3 Å². The van der Waals surface area contributed by atoms with Gasteiger partial charge in [0.15, 0.2) is 0 Å². The molecular weight excluding hydrogens is 254 g/mol. The fourth-order valence-corrected chi connectivity index (χ4v) is 2.42. The quantitative estimate of drug-likeness (QED) is 0.777. The lowest BCUT2D eigenvalue weighted by atomic mass is 9.76. The maximum absolute atomic E-state index is 12.3. The largest absolute Gasteiger partial charge is 0.468 e. The van der Waals surface area contributed by atoms with Crippen molar-refractivity contribution in [2.24, 2.45) is 5.73 Å². The molecule has 1 unspecified atom stereocenters. The van der Waals surface area contributed by atoms with Gasteiger partial charge < -0.3 is 15.2 Å². The maximum Gasteiger partial charge on any atom is 0.317 e. The van der Waals surface area contributed by atoms with Crippen LogP contribution in [0.15, 0.2) is 24.3 Å². The third kappa shape index (κ3) is 3.58. The molecule has 0 fully saturated rings. The number of esters is 1. The Morgan fingerprint density at radius 2 is 2.00 bits per heavy atom. The van der Waals surface area contributed by atoms with Gasteiger partial charge in [-0.05, 0) is 38.3 Å². The molecule has 0 aliphatic carbocycles. The number of hydrogen-bond donors (Lipinski definition) is 1. The van der Waals surface area contributed by atoms with E-state index in [9.17, 15) is 4.79 Å². The van der Waals surface area contributed by atoms with E-state index in [-0.39, 0.29) is 18.6 Å². The summed E-state index contributed by atoms with van der Waals surface area (Å²) in [6.07, 6.45) is 0.638. The Hall–Kier alpha value is -1.39. The molecule has 0 aliphatic heterocycles. The van der Waals surface area contributed by atoms with Crippen LogP contribution in [0, 0.1) is 6.92 Å². The molecule has 1 atom stereocenters. The Balaban J connectivity index is 3.12. The van der Waals surface area contributed by atoms with E-state index in [1.54, 1.807) is 0 Å². The van der Waals surface area contributed by atoms with E-state index in [2.05, 4.69) is 0 Å². The van der Waals surface area contributed by atoms with Gasteiger partial charge in [0.05, 0.1) is 13.2 Å². The second-order valence-corrected chi connectivity index (χ2v) is 5.26. The molecule has 2 N–H and O–H groups in total. The Kier molecular flexibility index (Phi) is 6.17. The van der Waals surface area contributed by atoms with Crippen molar-refractivity contribution >= 4 is 5.97 Å². The van der Waals surface area contributed by atoms with Crippen molar-refractivity contribution in [3.63, 3.8) is 0 Å². The van der Waals surface area contributed by atoms with Crippen molar-refractivity contribution in [1.82, 2.24) is 0 Å².